The van der Waals surface area contributed by atoms with Gasteiger partial charge in [-0.05, 0) is 47.0 Å². The van der Waals surface area contributed by atoms with Crippen LogP contribution in [0.5, 0.6) is 0 Å². The zero-order valence-electron chi connectivity index (χ0n) is 12.1. The van der Waals surface area contributed by atoms with Crippen molar-refractivity contribution in [1.29, 1.82) is 0 Å². The largest absolute Gasteiger partial charge is 0.480 e. The standard InChI is InChI=1S/C13H25N3O3/c1-10(13(18)19)14-12(17)6-9-16(3)11-4-7-15(2)8-5-11/h10-11H,4-9H2,1-3H3,(H,14,17)(H,18,19). The van der Waals surface area contributed by atoms with Crippen molar-refractivity contribution in [2.45, 2.75) is 38.3 Å². The third kappa shape index (κ3) is 5.57. The minimum atomic E-state index is -1.00. The van der Waals surface area contributed by atoms with Crippen LogP contribution in [0.1, 0.15) is 26.2 Å². The number of rotatable bonds is 6. The van der Waals surface area contributed by atoms with Crippen molar-refractivity contribution in [3.63, 3.8) is 0 Å². The van der Waals surface area contributed by atoms with Gasteiger partial charge >= 0.3 is 5.97 Å². The van der Waals surface area contributed by atoms with Crippen LogP contribution in [-0.2, 0) is 9.59 Å². The summed E-state index contributed by atoms with van der Waals surface area (Å²) in [7, 11) is 4.15. The van der Waals surface area contributed by atoms with Crippen LogP contribution in [0.15, 0.2) is 0 Å². The van der Waals surface area contributed by atoms with Crippen molar-refractivity contribution in [2.24, 2.45) is 0 Å². The highest BCUT2D eigenvalue weighted by Crippen LogP contribution is 2.14. The average molecular weight is 271 g/mol. The quantitative estimate of drug-likeness (QED) is 0.711. The Labute approximate surface area is 114 Å². The van der Waals surface area contributed by atoms with Crippen LogP contribution in [0.2, 0.25) is 0 Å². The Balaban J connectivity index is 2.24. The molecule has 0 aromatic carbocycles. The minimum Gasteiger partial charge on any atom is -0.480 e. The number of aliphatic carboxylic acids is 1. The van der Waals surface area contributed by atoms with E-state index in [1.165, 1.54) is 6.92 Å². The summed E-state index contributed by atoms with van der Waals surface area (Å²) in [5.41, 5.74) is 0. The van der Waals surface area contributed by atoms with E-state index in [1.807, 2.05) is 7.05 Å². The Hall–Kier alpha value is -1.14. The van der Waals surface area contributed by atoms with E-state index < -0.39 is 12.0 Å². The molecule has 1 aliphatic rings. The van der Waals surface area contributed by atoms with Crippen molar-refractivity contribution in [1.82, 2.24) is 15.1 Å². The molecule has 1 unspecified atom stereocenters. The third-order valence-electron chi connectivity index (χ3n) is 3.75. The fourth-order valence-electron chi connectivity index (χ4n) is 2.27. The topological polar surface area (TPSA) is 72.9 Å². The molecule has 1 amide bonds. The second-order valence-corrected chi connectivity index (χ2v) is 5.39. The summed E-state index contributed by atoms with van der Waals surface area (Å²) in [6, 6.07) is -0.290. The SMILES string of the molecule is CC(NC(=O)CCN(C)C1CCN(C)CC1)C(=O)O. The number of hydrogen-bond acceptors (Lipinski definition) is 4. The molecule has 110 valence electrons. The molecular formula is C13H25N3O3. The number of carboxylic acids is 1. The summed E-state index contributed by atoms with van der Waals surface area (Å²) >= 11 is 0. The van der Waals surface area contributed by atoms with Crippen molar-refractivity contribution in [2.75, 3.05) is 33.7 Å². The maximum Gasteiger partial charge on any atom is 0.325 e. The second kappa shape index (κ2) is 7.45. The van der Waals surface area contributed by atoms with E-state index in [0.717, 1.165) is 25.9 Å². The number of carboxylic acid groups (broad SMARTS) is 1. The molecule has 1 aliphatic heterocycles. The average Bonchev–Trinajstić information content (AvgIpc) is 2.36. The van der Waals surface area contributed by atoms with Gasteiger partial charge in [-0.3, -0.25) is 9.59 Å². The molecule has 1 atom stereocenters. The molecule has 0 aromatic heterocycles. The maximum absolute atomic E-state index is 11.6. The van der Waals surface area contributed by atoms with E-state index in [2.05, 4.69) is 22.2 Å². The first-order valence-electron chi connectivity index (χ1n) is 6.81. The smallest absolute Gasteiger partial charge is 0.325 e. The minimum absolute atomic E-state index is 0.199. The van der Waals surface area contributed by atoms with Gasteiger partial charge in [0.25, 0.3) is 0 Å². The Kier molecular flexibility index (Phi) is 6.24. The Morgan fingerprint density at radius 3 is 2.53 bits per heavy atom. The van der Waals surface area contributed by atoms with Crippen molar-refractivity contribution in [3.8, 4) is 0 Å². The Bertz CT molecular complexity index is 314. The van der Waals surface area contributed by atoms with E-state index >= 15 is 0 Å². The fraction of sp³-hybridized carbons (Fsp3) is 0.846. The number of hydrogen-bond donors (Lipinski definition) is 2. The summed E-state index contributed by atoms with van der Waals surface area (Å²) in [6.45, 7) is 4.34. The van der Waals surface area contributed by atoms with Crippen molar-refractivity contribution >= 4 is 11.9 Å². The number of likely N-dealkylation sites (tertiary alicyclic amines) is 1. The Morgan fingerprint density at radius 2 is 2.00 bits per heavy atom. The van der Waals surface area contributed by atoms with Crippen LogP contribution >= 0.6 is 0 Å². The van der Waals surface area contributed by atoms with Gasteiger partial charge in [0.05, 0.1) is 0 Å². The van der Waals surface area contributed by atoms with Gasteiger partial charge in [0, 0.05) is 19.0 Å². The lowest BCUT2D eigenvalue weighted by atomic mass is 10.0. The van der Waals surface area contributed by atoms with Crippen LogP contribution in [0.25, 0.3) is 0 Å². The zero-order valence-corrected chi connectivity index (χ0v) is 12.1. The molecular weight excluding hydrogens is 246 g/mol. The molecule has 0 aliphatic carbocycles. The maximum atomic E-state index is 11.6. The predicted molar refractivity (Wildman–Crippen MR) is 73.0 cm³/mol. The van der Waals surface area contributed by atoms with Crippen LogP contribution in [0.3, 0.4) is 0 Å². The molecule has 0 radical (unpaired) electrons. The molecule has 0 spiro atoms. The molecule has 1 heterocycles. The van der Waals surface area contributed by atoms with Gasteiger partial charge in [-0.1, -0.05) is 0 Å². The molecule has 6 nitrogen and oxygen atoms in total. The number of nitrogens with zero attached hydrogens (tertiary/aromatic N) is 2. The Morgan fingerprint density at radius 1 is 1.42 bits per heavy atom. The number of amides is 1. The summed E-state index contributed by atoms with van der Waals surface area (Å²) in [5.74, 6) is -1.20. The number of carbonyl (C=O) groups is 2. The van der Waals surface area contributed by atoms with Crippen molar-refractivity contribution in [3.05, 3.63) is 0 Å². The van der Waals surface area contributed by atoms with Crippen LogP contribution in [0.4, 0.5) is 0 Å². The molecule has 0 saturated carbocycles. The van der Waals surface area contributed by atoms with Crippen molar-refractivity contribution < 1.29 is 14.7 Å². The monoisotopic (exact) mass is 271 g/mol. The summed E-state index contributed by atoms with van der Waals surface area (Å²) in [6.07, 6.45) is 2.60. The van der Waals surface area contributed by atoms with E-state index in [1.54, 1.807) is 0 Å². The first-order valence-corrected chi connectivity index (χ1v) is 6.81. The molecule has 0 bridgehead atoms. The molecule has 1 fully saturated rings. The normalized spacial score (nSPS) is 19.4. The van der Waals surface area contributed by atoms with Gasteiger partial charge in [0.1, 0.15) is 6.04 Å². The predicted octanol–water partition coefficient (Wildman–Crippen LogP) is -0.00820. The van der Waals surface area contributed by atoms with E-state index in [4.69, 9.17) is 5.11 Å². The fourth-order valence-corrected chi connectivity index (χ4v) is 2.27. The van der Waals surface area contributed by atoms with Crippen LogP contribution in [-0.4, -0.2) is 72.6 Å². The highest BCUT2D eigenvalue weighted by Gasteiger charge is 2.21. The van der Waals surface area contributed by atoms with Crippen LogP contribution < -0.4 is 5.32 Å². The molecule has 0 aromatic rings. The highest BCUT2D eigenvalue weighted by molar-refractivity contribution is 5.83. The molecule has 2 N–H and O–H groups in total. The van der Waals surface area contributed by atoms with Gasteiger partial charge in [-0.15, -0.1) is 0 Å². The van der Waals surface area contributed by atoms with E-state index in [9.17, 15) is 9.59 Å². The molecule has 1 rings (SSSR count). The van der Waals surface area contributed by atoms with E-state index in [-0.39, 0.29) is 5.91 Å². The van der Waals surface area contributed by atoms with Gasteiger partial charge in [0.15, 0.2) is 0 Å². The number of nitrogens with one attached hydrogen (secondary N) is 1. The highest BCUT2D eigenvalue weighted by atomic mass is 16.4. The third-order valence-corrected chi connectivity index (χ3v) is 3.75. The summed E-state index contributed by atoms with van der Waals surface area (Å²) < 4.78 is 0. The van der Waals surface area contributed by atoms with Crippen LogP contribution in [0, 0.1) is 0 Å². The lowest BCUT2D eigenvalue weighted by molar-refractivity contribution is -0.141. The first kappa shape index (κ1) is 15.9. The number of piperidine rings is 1. The lowest BCUT2D eigenvalue weighted by Gasteiger charge is -2.35. The second-order valence-electron chi connectivity index (χ2n) is 5.39. The van der Waals surface area contributed by atoms with Gasteiger partial charge in [-0.25, -0.2) is 0 Å². The van der Waals surface area contributed by atoms with Gasteiger partial charge in [-0.2, -0.15) is 0 Å². The van der Waals surface area contributed by atoms with E-state index in [0.29, 0.717) is 19.0 Å². The molecule has 19 heavy (non-hydrogen) atoms. The summed E-state index contributed by atoms with van der Waals surface area (Å²) in [4.78, 5) is 26.7. The summed E-state index contributed by atoms with van der Waals surface area (Å²) in [5, 5.41) is 11.2. The van der Waals surface area contributed by atoms with Gasteiger partial charge < -0.3 is 20.2 Å². The lowest BCUT2D eigenvalue weighted by Crippen LogP contribution is -2.44. The zero-order chi connectivity index (χ0) is 14.4. The van der Waals surface area contributed by atoms with Gasteiger partial charge in [0.2, 0.25) is 5.91 Å². The number of carbonyl (C=O) groups excluding carboxylic acids is 1. The molecule has 6 heteroatoms. The molecule has 1 saturated heterocycles. The first-order chi connectivity index (χ1) is 8.90.